The molecule has 0 unspecified atom stereocenters. The van der Waals surface area contributed by atoms with Crippen molar-refractivity contribution in [3.63, 3.8) is 0 Å². The van der Waals surface area contributed by atoms with Crippen LogP contribution in [0.2, 0.25) is 4.34 Å². The van der Waals surface area contributed by atoms with Crippen molar-refractivity contribution in [1.82, 2.24) is 9.55 Å². The summed E-state index contributed by atoms with van der Waals surface area (Å²) in [6.07, 6.45) is 0. The van der Waals surface area contributed by atoms with Crippen LogP contribution in [0.1, 0.15) is 0 Å². The van der Waals surface area contributed by atoms with Crippen LogP contribution >= 0.6 is 22.9 Å². The third-order valence-corrected chi connectivity index (χ3v) is 6.07. The fourth-order valence-corrected chi connectivity index (χ4v) is 4.48. The van der Waals surface area contributed by atoms with E-state index in [1.165, 1.54) is 16.7 Å². The largest absolute Gasteiger partial charge is 0.326 e. The molecular weight excluding hydrogens is 334 g/mol. The summed E-state index contributed by atoms with van der Waals surface area (Å²) < 4.78 is 28.8. The lowest BCUT2D eigenvalue weighted by Gasteiger charge is -2.06. The molecule has 0 atom stereocenters. The molecule has 0 bridgehead atoms. The van der Waals surface area contributed by atoms with Gasteiger partial charge in [-0.05, 0) is 30.3 Å². The van der Waals surface area contributed by atoms with Gasteiger partial charge in [0.05, 0.1) is 21.1 Å². The number of aromatic amines is 1. The fourth-order valence-electron chi connectivity index (χ4n) is 1.95. The number of nitrogens with zero attached hydrogens (tertiary/aromatic N) is 1. The number of nitrogens with one attached hydrogen (secondary N) is 2. The zero-order valence-corrected chi connectivity index (χ0v) is 13.1. The minimum atomic E-state index is -3.68. The van der Waals surface area contributed by atoms with Gasteiger partial charge >= 0.3 is 5.69 Å². The molecule has 0 aliphatic heterocycles. The molecule has 2 N–H and O–H groups in total. The Kier molecular flexibility index (Phi) is 3.31. The van der Waals surface area contributed by atoms with E-state index >= 15 is 0 Å². The average Bonchev–Trinajstić information content (AvgIpc) is 2.95. The van der Waals surface area contributed by atoms with E-state index < -0.39 is 10.0 Å². The topological polar surface area (TPSA) is 84.0 Å². The number of thiophene rings is 1. The maximum absolute atomic E-state index is 12.2. The number of rotatable bonds is 3. The molecule has 0 aliphatic rings. The van der Waals surface area contributed by atoms with Gasteiger partial charge in [0, 0.05) is 7.05 Å². The molecule has 21 heavy (non-hydrogen) atoms. The van der Waals surface area contributed by atoms with Crippen molar-refractivity contribution < 1.29 is 8.42 Å². The number of anilines is 1. The van der Waals surface area contributed by atoms with Crippen molar-refractivity contribution in [2.24, 2.45) is 7.05 Å². The van der Waals surface area contributed by atoms with Crippen molar-refractivity contribution >= 4 is 49.7 Å². The first-order valence-corrected chi connectivity index (χ1v) is 8.51. The zero-order valence-electron chi connectivity index (χ0n) is 10.8. The zero-order chi connectivity index (χ0) is 15.2. The Morgan fingerprint density at radius 3 is 2.71 bits per heavy atom. The SMILES string of the molecule is Cn1c(=O)[nH]c2cc(NS(=O)(=O)c3ccc(Cl)s3)ccc21. The number of sulfonamides is 1. The van der Waals surface area contributed by atoms with Crippen LogP contribution in [0, 0.1) is 0 Å². The Labute approximate surface area is 129 Å². The number of H-pyrrole nitrogens is 1. The monoisotopic (exact) mass is 343 g/mol. The highest BCUT2D eigenvalue weighted by Gasteiger charge is 2.17. The van der Waals surface area contributed by atoms with Gasteiger partial charge in [0.15, 0.2) is 0 Å². The van der Waals surface area contributed by atoms with Gasteiger partial charge in [0.1, 0.15) is 4.21 Å². The minimum absolute atomic E-state index is 0.133. The smallest absolute Gasteiger partial charge is 0.305 e. The van der Waals surface area contributed by atoms with Crippen LogP contribution in [-0.2, 0) is 17.1 Å². The van der Waals surface area contributed by atoms with E-state index in [0.717, 1.165) is 11.3 Å². The second-order valence-corrected chi connectivity index (χ2v) is 8.01. The number of benzene rings is 1. The number of fused-ring (bicyclic) bond motifs is 1. The van der Waals surface area contributed by atoms with Crippen LogP contribution in [0.5, 0.6) is 0 Å². The molecule has 0 fully saturated rings. The molecule has 3 aromatic rings. The Bertz CT molecular complexity index is 985. The van der Waals surface area contributed by atoms with Gasteiger partial charge in [-0.3, -0.25) is 9.29 Å². The van der Waals surface area contributed by atoms with Gasteiger partial charge in [-0.1, -0.05) is 11.6 Å². The quantitative estimate of drug-likeness (QED) is 0.765. The minimum Gasteiger partial charge on any atom is -0.305 e. The van der Waals surface area contributed by atoms with Crippen LogP contribution in [0.25, 0.3) is 11.0 Å². The Morgan fingerprint density at radius 2 is 2.05 bits per heavy atom. The van der Waals surface area contributed by atoms with Gasteiger partial charge in [-0.25, -0.2) is 13.2 Å². The molecule has 2 heterocycles. The van der Waals surface area contributed by atoms with Crippen LogP contribution in [0.15, 0.2) is 39.3 Å². The van der Waals surface area contributed by atoms with Crippen molar-refractivity contribution in [3.05, 3.63) is 45.2 Å². The first kappa shape index (κ1) is 14.2. The molecule has 0 saturated carbocycles. The van der Waals surface area contributed by atoms with Crippen molar-refractivity contribution in [2.45, 2.75) is 4.21 Å². The highest BCUT2D eigenvalue weighted by atomic mass is 35.5. The van der Waals surface area contributed by atoms with E-state index in [1.807, 2.05) is 0 Å². The third-order valence-electron chi connectivity index (χ3n) is 2.97. The summed E-state index contributed by atoms with van der Waals surface area (Å²) in [5, 5.41) is 0. The van der Waals surface area contributed by atoms with Crippen LogP contribution < -0.4 is 10.4 Å². The predicted octanol–water partition coefficient (Wildman–Crippen LogP) is 2.38. The molecule has 0 saturated heterocycles. The van der Waals surface area contributed by atoms with Gasteiger partial charge in [-0.15, -0.1) is 11.3 Å². The van der Waals surface area contributed by atoms with Gasteiger partial charge < -0.3 is 4.98 Å². The Balaban J connectivity index is 2.00. The number of hydrogen-bond acceptors (Lipinski definition) is 4. The first-order valence-electron chi connectivity index (χ1n) is 5.84. The molecule has 2 aromatic heterocycles. The lowest BCUT2D eigenvalue weighted by Crippen LogP contribution is -2.11. The molecule has 0 radical (unpaired) electrons. The number of imidazole rings is 1. The summed E-state index contributed by atoms with van der Waals surface area (Å²) in [4.78, 5) is 14.2. The molecule has 0 aliphatic carbocycles. The molecule has 1 aromatic carbocycles. The highest BCUT2D eigenvalue weighted by molar-refractivity contribution is 7.94. The summed E-state index contributed by atoms with van der Waals surface area (Å²) in [7, 11) is -2.04. The number of aromatic nitrogens is 2. The summed E-state index contributed by atoms with van der Waals surface area (Å²) in [5.41, 5.74) is 1.37. The summed E-state index contributed by atoms with van der Waals surface area (Å²) in [6, 6.07) is 7.81. The van der Waals surface area contributed by atoms with E-state index in [9.17, 15) is 13.2 Å². The molecular formula is C12H10ClN3O3S2. The first-order chi connectivity index (χ1) is 9.87. The van der Waals surface area contributed by atoms with Gasteiger partial charge in [-0.2, -0.15) is 0 Å². The Morgan fingerprint density at radius 1 is 1.29 bits per heavy atom. The summed E-state index contributed by atoms with van der Waals surface area (Å²) >= 11 is 6.73. The van der Waals surface area contributed by atoms with Crippen molar-refractivity contribution in [1.29, 1.82) is 0 Å². The normalized spacial score (nSPS) is 11.9. The maximum atomic E-state index is 12.2. The van der Waals surface area contributed by atoms with Gasteiger partial charge in [0.25, 0.3) is 10.0 Å². The molecule has 9 heteroatoms. The van der Waals surface area contributed by atoms with Crippen molar-refractivity contribution in [3.8, 4) is 0 Å². The second kappa shape index (κ2) is 4.90. The van der Waals surface area contributed by atoms with E-state index in [4.69, 9.17) is 11.6 Å². The third kappa shape index (κ3) is 2.57. The van der Waals surface area contributed by atoms with Gasteiger partial charge in [0.2, 0.25) is 0 Å². The molecule has 0 spiro atoms. The highest BCUT2D eigenvalue weighted by Crippen LogP contribution is 2.27. The molecule has 0 amide bonds. The van der Waals surface area contributed by atoms with Crippen molar-refractivity contribution in [2.75, 3.05) is 4.72 Å². The second-order valence-electron chi connectivity index (χ2n) is 4.39. The molecule has 110 valence electrons. The summed E-state index contributed by atoms with van der Waals surface area (Å²) in [6.45, 7) is 0. The van der Waals surface area contributed by atoms with E-state index in [-0.39, 0.29) is 9.90 Å². The number of halogens is 1. The number of aryl methyl sites for hydroxylation is 1. The van der Waals surface area contributed by atoms with Crippen LogP contribution in [0.3, 0.4) is 0 Å². The lowest BCUT2D eigenvalue weighted by molar-refractivity contribution is 0.603. The van der Waals surface area contributed by atoms with E-state index in [1.54, 1.807) is 25.2 Å². The Hall–Kier alpha value is -1.77. The van der Waals surface area contributed by atoms with Crippen LogP contribution in [0.4, 0.5) is 5.69 Å². The predicted molar refractivity (Wildman–Crippen MR) is 83.7 cm³/mol. The summed E-state index contributed by atoms with van der Waals surface area (Å²) in [5.74, 6) is 0. The standard InChI is InChI=1S/C12H10ClN3O3S2/c1-16-9-3-2-7(6-8(9)14-12(16)17)15-21(18,19)11-5-4-10(13)20-11/h2-6,15H,1H3,(H,14,17). The number of hydrogen-bond donors (Lipinski definition) is 2. The van der Waals surface area contributed by atoms with E-state index in [2.05, 4.69) is 9.71 Å². The van der Waals surface area contributed by atoms with E-state index in [0.29, 0.717) is 21.1 Å². The molecule has 6 nitrogen and oxygen atoms in total. The maximum Gasteiger partial charge on any atom is 0.326 e. The average molecular weight is 344 g/mol. The molecule has 3 rings (SSSR count). The fraction of sp³-hybridized carbons (Fsp3) is 0.0833. The van der Waals surface area contributed by atoms with Crippen LogP contribution in [-0.4, -0.2) is 18.0 Å². The lowest BCUT2D eigenvalue weighted by atomic mass is 10.3.